The summed E-state index contributed by atoms with van der Waals surface area (Å²) in [5.74, 6) is 1.52. The van der Waals surface area contributed by atoms with E-state index in [0.29, 0.717) is 35.8 Å². The molecule has 0 unspecified atom stereocenters. The number of nitrogens with zero attached hydrogens (tertiary/aromatic N) is 2. The topological polar surface area (TPSA) is 73.7 Å². The Balaban J connectivity index is 1.86. The molecule has 0 fully saturated rings. The molecule has 2 aromatic carbocycles. The maximum absolute atomic E-state index is 9.64. The van der Waals surface area contributed by atoms with E-state index >= 15 is 0 Å². The molecule has 142 valence electrons. The van der Waals surface area contributed by atoms with Crippen molar-refractivity contribution in [2.45, 2.75) is 40.0 Å². The van der Waals surface area contributed by atoms with Crippen molar-refractivity contribution in [2.75, 3.05) is 0 Å². The van der Waals surface area contributed by atoms with Gasteiger partial charge in [0.1, 0.15) is 5.76 Å². The Morgan fingerprint density at radius 2 is 1.93 bits per heavy atom. The van der Waals surface area contributed by atoms with E-state index in [9.17, 15) is 5.26 Å². The Labute approximate surface area is 166 Å². The zero-order valence-corrected chi connectivity index (χ0v) is 16.6. The second-order valence-corrected chi connectivity index (χ2v) is 7.09. The molecule has 0 saturated heterocycles. The Hall–Kier alpha value is -3.19. The molecule has 0 aliphatic carbocycles. The van der Waals surface area contributed by atoms with Crippen LogP contribution < -0.4 is 0 Å². The van der Waals surface area contributed by atoms with Crippen LogP contribution in [0.25, 0.3) is 22.6 Å². The SMILES string of the molecule is CC[C@@H](C)C(=N)CCc1nc(-c2ccc(-c3ccccc3)cc2C#N)oc1C. The fourth-order valence-electron chi connectivity index (χ4n) is 3.15. The Morgan fingerprint density at radius 1 is 1.18 bits per heavy atom. The van der Waals surface area contributed by atoms with Crippen LogP contribution in [0.4, 0.5) is 0 Å². The molecule has 1 heterocycles. The van der Waals surface area contributed by atoms with Gasteiger partial charge in [0.2, 0.25) is 5.89 Å². The summed E-state index contributed by atoms with van der Waals surface area (Å²) >= 11 is 0. The number of nitriles is 1. The predicted molar refractivity (Wildman–Crippen MR) is 112 cm³/mol. The maximum atomic E-state index is 9.64. The van der Waals surface area contributed by atoms with Gasteiger partial charge >= 0.3 is 0 Å². The highest BCUT2D eigenvalue weighted by Crippen LogP contribution is 2.29. The third kappa shape index (κ3) is 4.20. The van der Waals surface area contributed by atoms with Crippen molar-refractivity contribution in [1.82, 2.24) is 4.98 Å². The Kier molecular flexibility index (Phi) is 6.06. The van der Waals surface area contributed by atoms with Crippen molar-refractivity contribution in [3.05, 3.63) is 65.5 Å². The van der Waals surface area contributed by atoms with Gasteiger partial charge in [-0.15, -0.1) is 0 Å². The smallest absolute Gasteiger partial charge is 0.227 e. The van der Waals surface area contributed by atoms with Gasteiger partial charge in [-0.3, -0.25) is 0 Å². The first kappa shape index (κ1) is 19.6. The minimum atomic E-state index is 0.294. The number of aryl methyl sites for hydroxylation is 2. The van der Waals surface area contributed by atoms with Crippen molar-refractivity contribution in [3.8, 4) is 28.7 Å². The molecule has 0 aliphatic heterocycles. The van der Waals surface area contributed by atoms with Crippen LogP contribution in [0.2, 0.25) is 0 Å². The van der Waals surface area contributed by atoms with Crippen LogP contribution in [0, 0.1) is 29.6 Å². The summed E-state index contributed by atoms with van der Waals surface area (Å²) in [4.78, 5) is 4.63. The van der Waals surface area contributed by atoms with Crippen molar-refractivity contribution >= 4 is 5.71 Å². The molecule has 1 aromatic heterocycles. The van der Waals surface area contributed by atoms with E-state index in [1.807, 2.05) is 55.5 Å². The first-order chi connectivity index (χ1) is 13.5. The molecule has 1 atom stereocenters. The van der Waals surface area contributed by atoms with E-state index in [1.54, 1.807) is 0 Å². The Morgan fingerprint density at radius 3 is 2.61 bits per heavy atom. The van der Waals surface area contributed by atoms with Crippen LogP contribution in [0.5, 0.6) is 0 Å². The third-order valence-electron chi connectivity index (χ3n) is 5.21. The summed E-state index contributed by atoms with van der Waals surface area (Å²) in [7, 11) is 0. The molecule has 0 saturated carbocycles. The van der Waals surface area contributed by atoms with E-state index in [0.717, 1.165) is 34.7 Å². The van der Waals surface area contributed by atoms with Crippen molar-refractivity contribution in [3.63, 3.8) is 0 Å². The number of rotatable bonds is 7. The van der Waals surface area contributed by atoms with Crippen molar-refractivity contribution in [2.24, 2.45) is 5.92 Å². The summed E-state index contributed by atoms with van der Waals surface area (Å²) in [6.07, 6.45) is 2.34. The highest BCUT2D eigenvalue weighted by Gasteiger charge is 2.16. The van der Waals surface area contributed by atoms with Gasteiger partial charge in [-0.1, -0.05) is 50.2 Å². The molecule has 4 heteroatoms. The lowest BCUT2D eigenvalue weighted by molar-refractivity contribution is 0.539. The number of aromatic nitrogens is 1. The van der Waals surface area contributed by atoms with Crippen molar-refractivity contribution in [1.29, 1.82) is 10.7 Å². The van der Waals surface area contributed by atoms with Crippen LogP contribution in [0.3, 0.4) is 0 Å². The van der Waals surface area contributed by atoms with E-state index in [1.165, 1.54) is 0 Å². The average molecular weight is 371 g/mol. The lowest BCUT2D eigenvalue weighted by Crippen LogP contribution is -2.10. The summed E-state index contributed by atoms with van der Waals surface area (Å²) in [5, 5.41) is 17.8. The zero-order valence-electron chi connectivity index (χ0n) is 16.6. The normalized spacial score (nSPS) is 11.8. The quantitative estimate of drug-likeness (QED) is 0.503. The van der Waals surface area contributed by atoms with Crippen LogP contribution in [0.15, 0.2) is 52.9 Å². The van der Waals surface area contributed by atoms with Gasteiger partial charge in [0.05, 0.1) is 22.9 Å². The van der Waals surface area contributed by atoms with E-state index in [2.05, 4.69) is 24.9 Å². The highest BCUT2D eigenvalue weighted by atomic mass is 16.4. The number of oxazole rings is 1. The summed E-state index contributed by atoms with van der Waals surface area (Å²) in [6.45, 7) is 6.07. The summed E-state index contributed by atoms with van der Waals surface area (Å²) in [5.41, 5.74) is 4.91. The van der Waals surface area contributed by atoms with Gasteiger partial charge in [0.25, 0.3) is 0 Å². The van der Waals surface area contributed by atoms with Gasteiger partial charge in [-0.25, -0.2) is 4.98 Å². The van der Waals surface area contributed by atoms with Crippen LogP contribution in [0.1, 0.15) is 43.7 Å². The number of nitrogens with one attached hydrogen (secondary N) is 1. The number of benzene rings is 2. The lowest BCUT2D eigenvalue weighted by Gasteiger charge is -2.09. The average Bonchev–Trinajstić information content (AvgIpc) is 3.11. The molecular weight excluding hydrogens is 346 g/mol. The van der Waals surface area contributed by atoms with E-state index in [-0.39, 0.29) is 0 Å². The van der Waals surface area contributed by atoms with Gasteiger partial charge in [0.15, 0.2) is 0 Å². The van der Waals surface area contributed by atoms with Gasteiger partial charge < -0.3 is 9.83 Å². The minimum Gasteiger partial charge on any atom is -0.441 e. The van der Waals surface area contributed by atoms with Gasteiger partial charge in [-0.2, -0.15) is 5.26 Å². The summed E-state index contributed by atoms with van der Waals surface area (Å²) < 4.78 is 5.88. The summed E-state index contributed by atoms with van der Waals surface area (Å²) in [6, 6.07) is 18.0. The second-order valence-electron chi connectivity index (χ2n) is 7.09. The molecule has 1 N–H and O–H groups in total. The third-order valence-corrected chi connectivity index (χ3v) is 5.21. The minimum absolute atomic E-state index is 0.294. The number of hydrogen-bond acceptors (Lipinski definition) is 4. The Bertz CT molecular complexity index is 1010. The van der Waals surface area contributed by atoms with Crippen LogP contribution in [-0.4, -0.2) is 10.7 Å². The lowest BCUT2D eigenvalue weighted by atomic mass is 9.98. The van der Waals surface area contributed by atoms with Gasteiger partial charge in [0, 0.05) is 5.71 Å². The fraction of sp³-hybridized carbons (Fsp3) is 0.292. The van der Waals surface area contributed by atoms with Crippen LogP contribution >= 0.6 is 0 Å². The highest BCUT2D eigenvalue weighted by molar-refractivity contribution is 5.83. The van der Waals surface area contributed by atoms with E-state index in [4.69, 9.17) is 9.83 Å². The van der Waals surface area contributed by atoms with E-state index < -0.39 is 0 Å². The maximum Gasteiger partial charge on any atom is 0.227 e. The van der Waals surface area contributed by atoms with Crippen LogP contribution in [-0.2, 0) is 6.42 Å². The molecule has 0 aliphatic rings. The molecule has 0 radical (unpaired) electrons. The van der Waals surface area contributed by atoms with Crippen molar-refractivity contribution < 1.29 is 4.42 Å². The standard InChI is InChI=1S/C24H25N3O/c1-4-16(2)22(26)12-13-23-17(3)28-24(27-23)21-11-10-19(14-20(21)15-25)18-8-6-5-7-9-18/h5-11,14,16,26H,4,12-13H2,1-3H3/t16-/m1/s1. The molecule has 0 spiro atoms. The molecule has 3 aromatic rings. The second kappa shape index (κ2) is 8.67. The predicted octanol–water partition coefficient (Wildman–Crippen LogP) is 6.19. The molecule has 4 nitrogen and oxygen atoms in total. The first-order valence-corrected chi connectivity index (χ1v) is 9.67. The largest absolute Gasteiger partial charge is 0.441 e. The molecule has 3 rings (SSSR count). The molecule has 0 bridgehead atoms. The monoisotopic (exact) mass is 371 g/mol. The zero-order chi connectivity index (χ0) is 20.1. The molecule has 0 amide bonds. The molecule has 28 heavy (non-hydrogen) atoms. The number of hydrogen-bond donors (Lipinski definition) is 1. The first-order valence-electron chi connectivity index (χ1n) is 9.67. The fourth-order valence-corrected chi connectivity index (χ4v) is 3.15. The van der Waals surface area contributed by atoms with Gasteiger partial charge in [-0.05, 0) is 55.4 Å². The molecular formula is C24H25N3O.